The molecule has 2 aliphatic rings. The highest BCUT2D eigenvalue weighted by molar-refractivity contribution is 7.89. The van der Waals surface area contributed by atoms with Crippen molar-refractivity contribution in [3.05, 3.63) is 59.2 Å². The molecule has 1 saturated heterocycles. The number of esters is 1. The van der Waals surface area contributed by atoms with Gasteiger partial charge in [-0.15, -0.1) is 0 Å². The topological polar surface area (TPSA) is 101 Å². The van der Waals surface area contributed by atoms with E-state index in [1.54, 1.807) is 54.3 Å². The number of carbonyl (C=O) groups is 3. The Bertz CT molecular complexity index is 1250. The van der Waals surface area contributed by atoms with Crippen molar-refractivity contribution in [1.29, 1.82) is 0 Å². The zero-order chi connectivity index (χ0) is 25.3. The van der Waals surface area contributed by atoms with Crippen LogP contribution in [0, 0.1) is 12.8 Å². The first kappa shape index (κ1) is 25.1. The van der Waals surface area contributed by atoms with Gasteiger partial charge in [0.15, 0.2) is 6.10 Å². The van der Waals surface area contributed by atoms with Crippen molar-refractivity contribution >= 4 is 33.4 Å². The molecule has 2 heterocycles. The molecule has 1 atom stereocenters. The lowest BCUT2D eigenvalue weighted by molar-refractivity contribution is -0.152. The van der Waals surface area contributed by atoms with Crippen LogP contribution in [0.25, 0.3) is 0 Å². The third kappa shape index (κ3) is 5.16. The number of Topliss-reactive ketones (excluding diaryl/α,β-unsaturated/α-hetero) is 1. The Labute approximate surface area is 205 Å². The zero-order valence-electron chi connectivity index (χ0n) is 20.2. The van der Waals surface area contributed by atoms with Crippen molar-refractivity contribution in [3.8, 4) is 0 Å². The van der Waals surface area contributed by atoms with E-state index in [4.69, 9.17) is 4.74 Å². The number of carbonyl (C=O) groups excluding carboxylic acids is 3. The third-order valence-electron chi connectivity index (χ3n) is 6.75. The molecule has 9 heteroatoms. The average Bonchev–Trinajstić information content (AvgIpc) is 3.27. The normalized spacial score (nSPS) is 17.6. The van der Waals surface area contributed by atoms with E-state index in [9.17, 15) is 22.8 Å². The predicted octanol–water partition coefficient (Wildman–Crippen LogP) is 3.12. The van der Waals surface area contributed by atoms with E-state index in [1.165, 1.54) is 11.2 Å². The molecule has 8 nitrogen and oxygen atoms in total. The van der Waals surface area contributed by atoms with Crippen LogP contribution >= 0.6 is 0 Å². The molecule has 0 unspecified atom stereocenters. The lowest BCUT2D eigenvalue weighted by Gasteiger charge is -2.30. The Morgan fingerprint density at radius 1 is 1.00 bits per heavy atom. The van der Waals surface area contributed by atoms with Gasteiger partial charge < -0.3 is 9.64 Å². The van der Waals surface area contributed by atoms with E-state index in [0.29, 0.717) is 31.4 Å². The summed E-state index contributed by atoms with van der Waals surface area (Å²) in [6.07, 6.45) is 0.392. The largest absolute Gasteiger partial charge is 0.454 e. The van der Waals surface area contributed by atoms with E-state index >= 15 is 0 Å². The highest BCUT2D eigenvalue weighted by Crippen LogP contribution is 2.30. The number of piperidine rings is 1. The van der Waals surface area contributed by atoms with Crippen LogP contribution in [0.1, 0.15) is 48.2 Å². The maximum atomic E-state index is 12.9. The summed E-state index contributed by atoms with van der Waals surface area (Å²) < 4.78 is 32.6. The van der Waals surface area contributed by atoms with Gasteiger partial charge in [0, 0.05) is 37.8 Å². The molecule has 0 bridgehead atoms. The first-order chi connectivity index (χ1) is 16.6. The summed E-state index contributed by atoms with van der Waals surface area (Å²) in [7, 11) is -3.61. The number of nitrogens with zero attached hydrogens (tertiary/aromatic N) is 2. The van der Waals surface area contributed by atoms with Crippen molar-refractivity contribution in [2.24, 2.45) is 5.92 Å². The van der Waals surface area contributed by atoms with Gasteiger partial charge in [-0.25, -0.2) is 8.42 Å². The molecule has 1 amide bonds. The number of hydrogen-bond acceptors (Lipinski definition) is 6. The highest BCUT2D eigenvalue weighted by atomic mass is 32.2. The van der Waals surface area contributed by atoms with Crippen molar-refractivity contribution < 1.29 is 27.5 Å². The van der Waals surface area contributed by atoms with Crippen LogP contribution in [-0.2, 0) is 30.8 Å². The summed E-state index contributed by atoms with van der Waals surface area (Å²) in [5, 5.41) is 0. The van der Waals surface area contributed by atoms with Crippen LogP contribution in [0.15, 0.2) is 47.4 Å². The molecule has 0 saturated carbocycles. The van der Waals surface area contributed by atoms with Crippen molar-refractivity contribution in [2.45, 2.75) is 51.0 Å². The summed E-state index contributed by atoms with van der Waals surface area (Å²) in [6, 6.07) is 11.9. The molecule has 2 aliphatic heterocycles. The molecule has 0 aliphatic carbocycles. The minimum atomic E-state index is -3.61. The quantitative estimate of drug-likeness (QED) is 0.448. The molecule has 0 spiro atoms. The Balaban J connectivity index is 1.34. The molecule has 0 aromatic heterocycles. The Morgan fingerprint density at radius 3 is 2.29 bits per heavy atom. The standard InChI is InChI=1S/C26H30N2O6S/c1-17-4-7-23(8-5-17)35(32,33)27-13-10-20(11-14-27)26(31)34-18(2)25(30)22-6-9-24-21(16-22)12-15-28(24)19(3)29/h4-9,16,18,20H,10-15H2,1-3H3/t18-/m0/s1. The van der Waals surface area contributed by atoms with E-state index in [-0.39, 0.29) is 29.7 Å². The second kappa shape index (κ2) is 9.91. The van der Waals surface area contributed by atoms with Crippen molar-refractivity contribution in [3.63, 3.8) is 0 Å². The van der Waals surface area contributed by atoms with E-state index in [1.807, 2.05) is 6.92 Å². The van der Waals surface area contributed by atoms with Crippen molar-refractivity contribution in [1.82, 2.24) is 4.31 Å². The molecule has 35 heavy (non-hydrogen) atoms. The number of anilines is 1. The number of benzene rings is 2. The first-order valence-electron chi connectivity index (χ1n) is 11.8. The fourth-order valence-electron chi connectivity index (χ4n) is 4.63. The summed E-state index contributed by atoms with van der Waals surface area (Å²) >= 11 is 0. The zero-order valence-corrected chi connectivity index (χ0v) is 21.0. The Morgan fingerprint density at radius 2 is 1.66 bits per heavy atom. The second-order valence-electron chi connectivity index (χ2n) is 9.20. The number of rotatable bonds is 6. The molecule has 0 N–H and O–H groups in total. The second-order valence-corrected chi connectivity index (χ2v) is 11.1. The fraction of sp³-hybridized carbons (Fsp3) is 0.423. The third-order valence-corrected chi connectivity index (χ3v) is 8.66. The van der Waals surface area contributed by atoms with E-state index in [0.717, 1.165) is 16.8 Å². The Hall–Kier alpha value is -3.04. The molecular weight excluding hydrogens is 468 g/mol. The van der Waals surface area contributed by atoms with Gasteiger partial charge in [0.1, 0.15) is 0 Å². The molecule has 1 fully saturated rings. The smallest absolute Gasteiger partial charge is 0.309 e. The molecule has 4 rings (SSSR count). The molecule has 2 aromatic carbocycles. The SMILES string of the molecule is CC(=O)N1CCc2cc(C(=O)[C@H](C)OC(=O)C3CCN(S(=O)(=O)c4ccc(C)cc4)CC3)ccc21. The number of amides is 1. The van der Waals surface area contributed by atoms with Crippen LogP contribution in [0.5, 0.6) is 0 Å². The van der Waals surface area contributed by atoms with Crippen LogP contribution < -0.4 is 4.90 Å². The first-order valence-corrected chi connectivity index (χ1v) is 13.2. The molecule has 186 valence electrons. The molecule has 2 aromatic rings. The minimum absolute atomic E-state index is 0.0390. The maximum Gasteiger partial charge on any atom is 0.309 e. The molecule has 0 radical (unpaired) electrons. The van der Waals surface area contributed by atoms with Gasteiger partial charge in [-0.3, -0.25) is 14.4 Å². The van der Waals surface area contributed by atoms with Gasteiger partial charge in [-0.2, -0.15) is 4.31 Å². The van der Waals surface area contributed by atoms with Crippen LogP contribution in [-0.4, -0.2) is 56.1 Å². The van der Waals surface area contributed by atoms with Crippen molar-refractivity contribution in [2.75, 3.05) is 24.5 Å². The maximum absolute atomic E-state index is 12.9. The summed E-state index contributed by atoms with van der Waals surface area (Å²) in [5.74, 6) is -1.29. The number of ketones is 1. The van der Waals surface area contributed by atoms with Gasteiger partial charge in [-0.05, 0) is 69.0 Å². The van der Waals surface area contributed by atoms with E-state index < -0.39 is 28.0 Å². The predicted molar refractivity (Wildman–Crippen MR) is 131 cm³/mol. The minimum Gasteiger partial charge on any atom is -0.454 e. The average molecular weight is 499 g/mol. The number of ether oxygens (including phenoxy) is 1. The lowest BCUT2D eigenvalue weighted by atomic mass is 9.98. The number of sulfonamides is 1. The number of aryl methyl sites for hydroxylation is 1. The molecular formula is C26H30N2O6S. The summed E-state index contributed by atoms with van der Waals surface area (Å²) in [6.45, 7) is 5.98. The van der Waals surface area contributed by atoms with Gasteiger partial charge in [0.2, 0.25) is 21.7 Å². The van der Waals surface area contributed by atoms with Gasteiger partial charge in [0.25, 0.3) is 0 Å². The summed E-state index contributed by atoms with van der Waals surface area (Å²) in [4.78, 5) is 39.3. The number of hydrogen-bond donors (Lipinski definition) is 0. The highest BCUT2D eigenvalue weighted by Gasteiger charge is 2.34. The summed E-state index contributed by atoms with van der Waals surface area (Å²) in [5.41, 5.74) is 3.15. The van der Waals surface area contributed by atoms with E-state index in [2.05, 4.69) is 0 Å². The van der Waals surface area contributed by atoms with Crippen LogP contribution in [0.2, 0.25) is 0 Å². The fourth-order valence-corrected chi connectivity index (χ4v) is 6.10. The van der Waals surface area contributed by atoms with Crippen LogP contribution in [0.4, 0.5) is 5.69 Å². The van der Waals surface area contributed by atoms with Gasteiger partial charge >= 0.3 is 5.97 Å². The number of fused-ring (bicyclic) bond motifs is 1. The monoisotopic (exact) mass is 498 g/mol. The lowest BCUT2D eigenvalue weighted by Crippen LogP contribution is -2.41. The van der Waals surface area contributed by atoms with Crippen LogP contribution in [0.3, 0.4) is 0 Å². The Kier molecular flexibility index (Phi) is 7.10. The van der Waals surface area contributed by atoms with Gasteiger partial charge in [0.05, 0.1) is 10.8 Å². The van der Waals surface area contributed by atoms with Gasteiger partial charge in [-0.1, -0.05) is 17.7 Å².